The summed E-state index contributed by atoms with van der Waals surface area (Å²) in [6, 6.07) is 6.19. The van der Waals surface area contributed by atoms with Gasteiger partial charge in [-0.1, -0.05) is 13.0 Å². The Morgan fingerprint density at radius 1 is 1.28 bits per heavy atom. The first-order valence-corrected chi connectivity index (χ1v) is 9.84. The minimum atomic E-state index is -1.42. The predicted molar refractivity (Wildman–Crippen MR) is 112 cm³/mol. The molecule has 3 aromatic rings. The molecule has 152 valence electrons. The van der Waals surface area contributed by atoms with Gasteiger partial charge in [0.25, 0.3) is 5.56 Å². The Bertz CT molecular complexity index is 1190. The maximum absolute atomic E-state index is 12.3. The maximum Gasteiger partial charge on any atom is 0.345 e. The highest BCUT2D eigenvalue weighted by Gasteiger charge is 2.26. The number of H-pyrrole nitrogens is 1. The van der Waals surface area contributed by atoms with Crippen molar-refractivity contribution >= 4 is 16.9 Å². The first-order chi connectivity index (χ1) is 13.8. The number of aromatic hydroxyl groups is 1. The Morgan fingerprint density at radius 3 is 2.69 bits per heavy atom. The molecule has 0 bridgehead atoms. The number of nitrogens with one attached hydrogen (secondary N) is 1. The number of fused-ring (bicyclic) bond motifs is 5. The van der Waals surface area contributed by atoms with Crippen molar-refractivity contribution in [3.63, 3.8) is 0 Å². The van der Waals surface area contributed by atoms with Crippen molar-refractivity contribution in [3.05, 3.63) is 50.9 Å². The van der Waals surface area contributed by atoms with Crippen LogP contribution in [-0.4, -0.2) is 44.2 Å². The second kappa shape index (κ2) is 7.08. The van der Waals surface area contributed by atoms with Crippen LogP contribution in [0.1, 0.15) is 40.5 Å². The van der Waals surface area contributed by atoms with Crippen molar-refractivity contribution in [2.24, 2.45) is 7.05 Å². The van der Waals surface area contributed by atoms with E-state index in [0.717, 1.165) is 48.0 Å². The van der Waals surface area contributed by atoms with Crippen LogP contribution in [0.25, 0.3) is 22.2 Å². The van der Waals surface area contributed by atoms with E-state index >= 15 is 0 Å². The number of aromatic nitrogens is 2. The molecule has 2 aromatic heterocycles. The summed E-state index contributed by atoms with van der Waals surface area (Å²) in [7, 11) is 4.15. The van der Waals surface area contributed by atoms with Gasteiger partial charge in [0.15, 0.2) is 5.56 Å². The highest BCUT2D eigenvalue weighted by atomic mass is 16.4. The molecule has 1 aromatic carbocycles. The highest BCUT2D eigenvalue weighted by molar-refractivity contribution is 5.94. The average molecular weight is 395 g/mol. The summed E-state index contributed by atoms with van der Waals surface area (Å²) in [4.78, 5) is 28.7. The van der Waals surface area contributed by atoms with Gasteiger partial charge in [-0.05, 0) is 50.6 Å². The molecule has 0 radical (unpaired) electrons. The van der Waals surface area contributed by atoms with Crippen LogP contribution in [0, 0.1) is 0 Å². The summed E-state index contributed by atoms with van der Waals surface area (Å²) < 4.78 is 2.20. The molecule has 1 aliphatic rings. The van der Waals surface area contributed by atoms with Crippen LogP contribution in [-0.2, 0) is 26.4 Å². The number of benzene rings is 1. The van der Waals surface area contributed by atoms with Gasteiger partial charge < -0.3 is 24.7 Å². The molecule has 29 heavy (non-hydrogen) atoms. The van der Waals surface area contributed by atoms with Gasteiger partial charge >= 0.3 is 5.97 Å². The van der Waals surface area contributed by atoms with Crippen molar-refractivity contribution in [2.45, 2.75) is 32.7 Å². The zero-order valence-electron chi connectivity index (χ0n) is 16.9. The molecule has 4 rings (SSSR count). The summed E-state index contributed by atoms with van der Waals surface area (Å²) in [5.74, 6) is -1.83. The van der Waals surface area contributed by atoms with Gasteiger partial charge in [-0.3, -0.25) is 4.79 Å². The molecule has 0 amide bonds. The van der Waals surface area contributed by atoms with Crippen LogP contribution in [0.2, 0.25) is 0 Å². The van der Waals surface area contributed by atoms with E-state index in [4.69, 9.17) is 0 Å². The number of hydrogen-bond donors (Lipinski definition) is 3. The van der Waals surface area contributed by atoms with Gasteiger partial charge in [0, 0.05) is 41.3 Å². The Morgan fingerprint density at radius 2 is 2.00 bits per heavy atom. The van der Waals surface area contributed by atoms with Gasteiger partial charge in [0.2, 0.25) is 0 Å². The molecule has 2 heterocycles. The minimum absolute atomic E-state index is 0.414. The normalized spacial score (nSPS) is 13.4. The van der Waals surface area contributed by atoms with E-state index in [9.17, 15) is 19.8 Å². The average Bonchev–Trinajstić information content (AvgIpc) is 2.86. The highest BCUT2D eigenvalue weighted by Crippen LogP contribution is 2.39. The number of aromatic amines is 1. The van der Waals surface area contributed by atoms with Crippen molar-refractivity contribution in [3.8, 4) is 17.0 Å². The molecule has 0 atom stereocenters. The molecule has 0 unspecified atom stereocenters. The fourth-order valence-electron chi connectivity index (χ4n) is 4.31. The standard InChI is InChI=1S/C22H25N3O4/c1-4-24(2)11-12-10-16-13-6-5-7-15-19(14(13)8-9-17(16)25(12)3)23-21(27)18(20(15)26)22(28)29/h8-10H,4-7,11H2,1-3H3,(H,28,29)(H2,23,26,27). The number of rotatable bonds is 4. The van der Waals surface area contributed by atoms with Crippen LogP contribution in [0.3, 0.4) is 0 Å². The number of carboxylic acids is 1. The van der Waals surface area contributed by atoms with E-state index in [1.807, 2.05) is 12.1 Å². The molecule has 0 spiro atoms. The Labute approximate surface area is 168 Å². The van der Waals surface area contributed by atoms with Crippen molar-refractivity contribution in [1.82, 2.24) is 14.5 Å². The van der Waals surface area contributed by atoms with Crippen molar-refractivity contribution in [1.29, 1.82) is 0 Å². The molecule has 0 aliphatic heterocycles. The third kappa shape index (κ3) is 3.02. The van der Waals surface area contributed by atoms with Crippen LogP contribution < -0.4 is 5.56 Å². The van der Waals surface area contributed by atoms with Crippen LogP contribution in [0.5, 0.6) is 5.75 Å². The number of hydrogen-bond acceptors (Lipinski definition) is 4. The third-order valence-electron chi connectivity index (χ3n) is 6.04. The van der Waals surface area contributed by atoms with E-state index in [-0.39, 0.29) is 0 Å². The van der Waals surface area contributed by atoms with Crippen LogP contribution in [0.15, 0.2) is 23.0 Å². The molecule has 7 nitrogen and oxygen atoms in total. The summed E-state index contributed by atoms with van der Waals surface area (Å²) in [5, 5.41) is 20.9. The van der Waals surface area contributed by atoms with Gasteiger partial charge in [-0.25, -0.2) is 4.79 Å². The van der Waals surface area contributed by atoms with E-state index in [1.165, 1.54) is 5.69 Å². The number of aromatic carboxylic acids is 1. The molecule has 0 fully saturated rings. The van der Waals surface area contributed by atoms with E-state index in [0.29, 0.717) is 17.7 Å². The lowest BCUT2D eigenvalue weighted by Crippen LogP contribution is -2.20. The van der Waals surface area contributed by atoms with Crippen molar-refractivity contribution in [2.75, 3.05) is 13.6 Å². The molecule has 0 saturated carbocycles. The van der Waals surface area contributed by atoms with Gasteiger partial charge in [-0.15, -0.1) is 0 Å². The number of aryl methyl sites for hydroxylation is 2. The summed E-state index contributed by atoms with van der Waals surface area (Å²) in [6.07, 6.45) is 2.06. The maximum atomic E-state index is 12.3. The fraction of sp³-hybridized carbons (Fsp3) is 0.364. The first-order valence-electron chi connectivity index (χ1n) is 9.84. The lowest BCUT2D eigenvalue weighted by atomic mass is 9.97. The van der Waals surface area contributed by atoms with Crippen molar-refractivity contribution < 1.29 is 15.0 Å². The number of carbonyl (C=O) groups is 1. The second-order valence-corrected chi connectivity index (χ2v) is 7.74. The molecule has 7 heteroatoms. The smallest absolute Gasteiger partial charge is 0.345 e. The Hall–Kier alpha value is -3.06. The molecular weight excluding hydrogens is 370 g/mol. The monoisotopic (exact) mass is 395 g/mol. The SMILES string of the molecule is CCN(C)Cc1cc2c3c(ccc2n1C)-c1[nH]c(=O)c(C(=O)O)c(O)c1CCC3. The third-order valence-corrected chi connectivity index (χ3v) is 6.04. The lowest BCUT2D eigenvalue weighted by molar-refractivity contribution is 0.0691. The minimum Gasteiger partial charge on any atom is -0.506 e. The second-order valence-electron chi connectivity index (χ2n) is 7.74. The van der Waals surface area contributed by atoms with Gasteiger partial charge in [0.05, 0.1) is 5.69 Å². The zero-order chi connectivity index (χ0) is 20.9. The molecule has 1 aliphatic carbocycles. The molecule has 3 N–H and O–H groups in total. The Balaban J connectivity index is 1.96. The summed E-state index contributed by atoms with van der Waals surface area (Å²) >= 11 is 0. The largest absolute Gasteiger partial charge is 0.506 e. The molecular formula is C22H25N3O4. The number of pyridine rings is 1. The van der Waals surface area contributed by atoms with E-state index < -0.39 is 22.8 Å². The van der Waals surface area contributed by atoms with Crippen LogP contribution >= 0.6 is 0 Å². The van der Waals surface area contributed by atoms with E-state index in [1.54, 1.807) is 0 Å². The number of nitrogens with zero attached hydrogens (tertiary/aromatic N) is 2. The quantitative estimate of drug-likeness (QED) is 0.631. The van der Waals surface area contributed by atoms with Crippen LogP contribution in [0.4, 0.5) is 0 Å². The van der Waals surface area contributed by atoms with Gasteiger partial charge in [-0.2, -0.15) is 0 Å². The van der Waals surface area contributed by atoms with Gasteiger partial charge in [0.1, 0.15) is 5.75 Å². The molecule has 0 saturated heterocycles. The van der Waals surface area contributed by atoms with E-state index in [2.05, 4.69) is 41.5 Å². The zero-order valence-corrected chi connectivity index (χ0v) is 16.9. The topological polar surface area (TPSA) is 98.6 Å². The Kier molecular flexibility index (Phi) is 4.70. The lowest BCUT2D eigenvalue weighted by Gasteiger charge is -2.14. The summed E-state index contributed by atoms with van der Waals surface area (Å²) in [5.41, 5.74) is 3.98. The summed E-state index contributed by atoms with van der Waals surface area (Å²) in [6.45, 7) is 3.92. The first kappa shape index (κ1) is 19.3. The predicted octanol–water partition coefficient (Wildman–Crippen LogP) is 2.88. The fourth-order valence-corrected chi connectivity index (χ4v) is 4.31. The number of carboxylic acid groups (broad SMARTS) is 1.